The number of amides is 2. The maximum Gasteiger partial charge on any atom is 0.254 e. The molecule has 2 amide bonds. The lowest BCUT2D eigenvalue weighted by Crippen LogP contribution is -2.46. The van der Waals surface area contributed by atoms with E-state index in [1.54, 1.807) is 28.9 Å². The third kappa shape index (κ3) is 4.64. The van der Waals surface area contributed by atoms with E-state index in [1.807, 2.05) is 0 Å². The molecule has 0 bridgehead atoms. The maximum atomic E-state index is 13.8. The smallest absolute Gasteiger partial charge is 0.254 e. The van der Waals surface area contributed by atoms with Gasteiger partial charge in [-0.15, -0.1) is 0 Å². The number of aryl methyl sites for hydroxylation is 1. The van der Waals surface area contributed by atoms with Crippen molar-refractivity contribution in [3.05, 3.63) is 47.5 Å². The standard InChI is InChI=1S/C19H23FN4O3/c1-23-12-14(11-21-23)19(26)22-15-5-7-24(8-6-15)18(25)10-13-3-4-17(27-2)16(20)9-13/h3-4,9,11-12,15H,5-8,10H2,1-2H3,(H,22,26). The molecular formula is C19H23FN4O3. The first-order chi connectivity index (χ1) is 13.0. The highest BCUT2D eigenvalue weighted by molar-refractivity contribution is 5.93. The van der Waals surface area contributed by atoms with E-state index in [0.717, 1.165) is 0 Å². The molecule has 1 aliphatic rings. The number of hydrogen-bond donors (Lipinski definition) is 1. The highest BCUT2D eigenvalue weighted by atomic mass is 19.1. The third-order valence-corrected chi connectivity index (χ3v) is 4.72. The van der Waals surface area contributed by atoms with Crippen molar-refractivity contribution in [2.24, 2.45) is 7.05 Å². The fraction of sp³-hybridized carbons (Fsp3) is 0.421. The number of hydrogen-bond acceptors (Lipinski definition) is 4. The molecule has 1 aliphatic heterocycles. The number of aromatic nitrogens is 2. The number of nitrogens with one attached hydrogen (secondary N) is 1. The van der Waals surface area contributed by atoms with Gasteiger partial charge < -0.3 is 15.0 Å². The van der Waals surface area contributed by atoms with E-state index in [0.29, 0.717) is 37.1 Å². The molecule has 7 nitrogen and oxygen atoms in total. The van der Waals surface area contributed by atoms with Gasteiger partial charge in [0.2, 0.25) is 5.91 Å². The highest BCUT2D eigenvalue weighted by Gasteiger charge is 2.24. The van der Waals surface area contributed by atoms with Gasteiger partial charge in [0.1, 0.15) is 0 Å². The molecule has 1 aromatic heterocycles. The van der Waals surface area contributed by atoms with E-state index in [-0.39, 0.29) is 30.0 Å². The Kier molecular flexibility index (Phi) is 5.73. The number of carbonyl (C=O) groups excluding carboxylic acids is 2. The summed E-state index contributed by atoms with van der Waals surface area (Å²) >= 11 is 0. The van der Waals surface area contributed by atoms with Gasteiger partial charge in [0.25, 0.3) is 5.91 Å². The minimum absolute atomic E-state index is 0.0280. The SMILES string of the molecule is COc1ccc(CC(=O)N2CCC(NC(=O)c3cnn(C)c3)CC2)cc1F. The zero-order valence-corrected chi connectivity index (χ0v) is 15.4. The number of carbonyl (C=O) groups is 2. The minimum atomic E-state index is -0.473. The second-order valence-electron chi connectivity index (χ2n) is 6.68. The number of ether oxygens (including phenoxy) is 1. The maximum absolute atomic E-state index is 13.8. The quantitative estimate of drug-likeness (QED) is 0.861. The van der Waals surface area contributed by atoms with Gasteiger partial charge in [0.15, 0.2) is 11.6 Å². The zero-order valence-electron chi connectivity index (χ0n) is 15.4. The number of piperidine rings is 1. The molecule has 0 unspecified atom stereocenters. The van der Waals surface area contributed by atoms with Crippen LogP contribution in [0.2, 0.25) is 0 Å². The normalized spacial score (nSPS) is 14.9. The highest BCUT2D eigenvalue weighted by Crippen LogP contribution is 2.19. The molecule has 144 valence electrons. The molecule has 0 aliphatic carbocycles. The van der Waals surface area contributed by atoms with Gasteiger partial charge in [0.05, 0.1) is 25.3 Å². The van der Waals surface area contributed by atoms with Crippen molar-refractivity contribution in [2.45, 2.75) is 25.3 Å². The van der Waals surface area contributed by atoms with Gasteiger partial charge in [-0.25, -0.2) is 4.39 Å². The van der Waals surface area contributed by atoms with E-state index >= 15 is 0 Å². The van der Waals surface area contributed by atoms with Crippen molar-refractivity contribution < 1.29 is 18.7 Å². The number of likely N-dealkylation sites (tertiary alicyclic amines) is 1. The molecule has 0 spiro atoms. The Morgan fingerprint density at radius 3 is 2.67 bits per heavy atom. The van der Waals surface area contributed by atoms with Gasteiger partial charge in [-0.3, -0.25) is 14.3 Å². The van der Waals surface area contributed by atoms with Crippen LogP contribution in [0.4, 0.5) is 4.39 Å². The molecule has 0 radical (unpaired) electrons. The van der Waals surface area contributed by atoms with E-state index in [9.17, 15) is 14.0 Å². The summed E-state index contributed by atoms with van der Waals surface area (Å²) < 4.78 is 20.2. The van der Waals surface area contributed by atoms with Crippen LogP contribution in [0, 0.1) is 5.82 Å². The number of methoxy groups -OCH3 is 1. The molecule has 0 saturated carbocycles. The van der Waals surface area contributed by atoms with Gasteiger partial charge in [0, 0.05) is 32.4 Å². The Balaban J connectivity index is 1.49. The molecular weight excluding hydrogens is 351 g/mol. The first kappa shape index (κ1) is 18.9. The molecule has 1 fully saturated rings. The van der Waals surface area contributed by atoms with Crippen LogP contribution >= 0.6 is 0 Å². The number of benzene rings is 1. The largest absolute Gasteiger partial charge is 0.494 e. The number of rotatable bonds is 5. The van der Waals surface area contributed by atoms with E-state index in [1.165, 1.54) is 25.4 Å². The summed E-state index contributed by atoms with van der Waals surface area (Å²) in [4.78, 5) is 26.4. The average Bonchev–Trinajstić information content (AvgIpc) is 3.09. The van der Waals surface area contributed by atoms with Crippen LogP contribution in [0.25, 0.3) is 0 Å². The van der Waals surface area contributed by atoms with Gasteiger partial charge in [-0.1, -0.05) is 6.07 Å². The molecule has 2 heterocycles. The van der Waals surface area contributed by atoms with Crippen molar-refractivity contribution >= 4 is 11.8 Å². The molecule has 3 rings (SSSR count). The van der Waals surface area contributed by atoms with Crippen LogP contribution in [0.15, 0.2) is 30.6 Å². The Bertz CT molecular complexity index is 828. The molecule has 1 N–H and O–H groups in total. The molecule has 27 heavy (non-hydrogen) atoms. The van der Waals surface area contributed by atoms with Gasteiger partial charge in [-0.05, 0) is 30.5 Å². The first-order valence-corrected chi connectivity index (χ1v) is 8.86. The lowest BCUT2D eigenvalue weighted by Gasteiger charge is -2.32. The van der Waals surface area contributed by atoms with Crippen molar-refractivity contribution in [1.82, 2.24) is 20.0 Å². The summed E-state index contributed by atoms with van der Waals surface area (Å²) in [5.41, 5.74) is 1.14. The molecule has 1 aromatic carbocycles. The second kappa shape index (κ2) is 8.20. The second-order valence-corrected chi connectivity index (χ2v) is 6.68. The lowest BCUT2D eigenvalue weighted by molar-refractivity contribution is -0.131. The van der Waals surface area contributed by atoms with Crippen LogP contribution in [-0.2, 0) is 18.3 Å². The van der Waals surface area contributed by atoms with Crippen molar-refractivity contribution in [2.75, 3.05) is 20.2 Å². The monoisotopic (exact) mass is 374 g/mol. The summed E-state index contributed by atoms with van der Waals surface area (Å²) in [6, 6.07) is 4.58. The summed E-state index contributed by atoms with van der Waals surface area (Å²) in [6.45, 7) is 1.13. The zero-order chi connectivity index (χ0) is 19.4. The first-order valence-electron chi connectivity index (χ1n) is 8.86. The Hall–Kier alpha value is -2.90. The Morgan fingerprint density at radius 1 is 1.33 bits per heavy atom. The van der Waals surface area contributed by atoms with Gasteiger partial charge >= 0.3 is 0 Å². The fourth-order valence-corrected chi connectivity index (χ4v) is 3.19. The minimum Gasteiger partial charge on any atom is -0.494 e. The van der Waals surface area contributed by atoms with Crippen LogP contribution in [0.1, 0.15) is 28.8 Å². The Labute approximate surface area is 157 Å². The fourth-order valence-electron chi connectivity index (χ4n) is 3.19. The Morgan fingerprint density at radius 2 is 2.07 bits per heavy atom. The van der Waals surface area contributed by atoms with E-state index in [2.05, 4.69) is 10.4 Å². The predicted molar refractivity (Wildman–Crippen MR) is 96.9 cm³/mol. The summed E-state index contributed by atoms with van der Waals surface area (Å²) in [5, 5.41) is 6.98. The molecule has 1 saturated heterocycles. The van der Waals surface area contributed by atoms with E-state index < -0.39 is 5.82 Å². The number of nitrogens with zero attached hydrogens (tertiary/aromatic N) is 3. The van der Waals surface area contributed by atoms with Crippen molar-refractivity contribution in [1.29, 1.82) is 0 Å². The predicted octanol–water partition coefficient (Wildman–Crippen LogP) is 1.53. The molecule has 2 aromatic rings. The molecule has 8 heteroatoms. The van der Waals surface area contributed by atoms with E-state index in [4.69, 9.17) is 4.74 Å². The summed E-state index contributed by atoms with van der Waals surface area (Å²) in [6.07, 6.45) is 4.72. The van der Waals surface area contributed by atoms with Crippen LogP contribution in [0.5, 0.6) is 5.75 Å². The van der Waals surface area contributed by atoms with Crippen molar-refractivity contribution in [3.8, 4) is 5.75 Å². The third-order valence-electron chi connectivity index (χ3n) is 4.72. The summed E-state index contributed by atoms with van der Waals surface area (Å²) in [5.74, 6) is -0.505. The van der Waals surface area contributed by atoms with Crippen molar-refractivity contribution in [3.63, 3.8) is 0 Å². The van der Waals surface area contributed by atoms with Crippen LogP contribution in [-0.4, -0.2) is 52.7 Å². The topological polar surface area (TPSA) is 76.5 Å². The summed E-state index contributed by atoms with van der Waals surface area (Å²) in [7, 11) is 3.16. The lowest BCUT2D eigenvalue weighted by atomic mass is 10.0. The molecule has 0 atom stereocenters. The van der Waals surface area contributed by atoms with Gasteiger partial charge in [-0.2, -0.15) is 5.10 Å². The number of halogens is 1. The van der Waals surface area contributed by atoms with Crippen LogP contribution in [0.3, 0.4) is 0 Å². The average molecular weight is 374 g/mol. The van der Waals surface area contributed by atoms with Crippen LogP contribution < -0.4 is 10.1 Å².